The molecule has 0 spiro atoms. The lowest BCUT2D eigenvalue weighted by Gasteiger charge is -2.19. The van der Waals surface area contributed by atoms with Crippen molar-refractivity contribution < 1.29 is 13.5 Å². The number of rotatable bonds is 5. The summed E-state index contributed by atoms with van der Waals surface area (Å²) in [6.45, 7) is 7.10. The van der Waals surface area contributed by atoms with Gasteiger partial charge in [0.15, 0.2) is 0 Å². The van der Waals surface area contributed by atoms with Gasteiger partial charge in [0.1, 0.15) is 11.6 Å². The van der Waals surface area contributed by atoms with Gasteiger partial charge in [0.25, 0.3) is 0 Å². The van der Waals surface area contributed by atoms with Gasteiger partial charge in [-0.25, -0.2) is 8.78 Å². The van der Waals surface area contributed by atoms with E-state index in [1.807, 2.05) is 0 Å². The zero-order chi connectivity index (χ0) is 13.8. The van der Waals surface area contributed by atoms with E-state index in [9.17, 15) is 8.78 Å². The van der Waals surface area contributed by atoms with Crippen molar-refractivity contribution in [2.75, 3.05) is 13.2 Å². The molecule has 0 aromatic heterocycles. The lowest BCUT2D eigenvalue weighted by Crippen LogP contribution is -2.20. The first-order valence-corrected chi connectivity index (χ1v) is 6.08. The van der Waals surface area contributed by atoms with Crippen molar-refractivity contribution in [2.45, 2.75) is 33.2 Å². The second-order valence-corrected chi connectivity index (χ2v) is 5.66. The van der Waals surface area contributed by atoms with Crippen LogP contribution in [0, 0.1) is 17.0 Å². The molecule has 4 heteroatoms. The van der Waals surface area contributed by atoms with E-state index >= 15 is 0 Å². The summed E-state index contributed by atoms with van der Waals surface area (Å²) in [5.74, 6) is -0.986. The second-order valence-electron chi connectivity index (χ2n) is 5.66. The molecule has 2 nitrogen and oxygen atoms in total. The monoisotopic (exact) mass is 257 g/mol. The minimum Gasteiger partial charge on any atom is -0.379 e. The van der Waals surface area contributed by atoms with Crippen molar-refractivity contribution in [3.05, 3.63) is 35.4 Å². The van der Waals surface area contributed by atoms with Crippen molar-refractivity contribution >= 4 is 0 Å². The zero-order valence-electron chi connectivity index (χ0n) is 11.2. The van der Waals surface area contributed by atoms with Crippen molar-refractivity contribution in [2.24, 2.45) is 11.1 Å². The number of hydrogen-bond donors (Lipinski definition) is 1. The summed E-state index contributed by atoms with van der Waals surface area (Å²) in [4.78, 5) is 0. The maximum atomic E-state index is 13.4. The lowest BCUT2D eigenvalue weighted by atomic mass is 9.93. The Kier molecular flexibility index (Phi) is 5.23. The standard InChI is InChI=1S/C14H21F2NO/c1-14(2,3)6-7-18-9-13(17)11-8-10(15)4-5-12(11)16/h4-5,8,13H,6-7,9,17H2,1-3H3. The molecule has 1 unspecified atom stereocenters. The SMILES string of the molecule is CC(C)(C)CCOCC(N)c1cc(F)ccc1F. The molecule has 18 heavy (non-hydrogen) atoms. The molecule has 102 valence electrons. The van der Waals surface area contributed by atoms with E-state index in [1.165, 1.54) is 0 Å². The van der Waals surface area contributed by atoms with Gasteiger partial charge in [0, 0.05) is 12.2 Å². The molecule has 2 N–H and O–H groups in total. The van der Waals surface area contributed by atoms with Gasteiger partial charge in [-0.2, -0.15) is 0 Å². The van der Waals surface area contributed by atoms with Gasteiger partial charge in [0.05, 0.1) is 12.6 Å². The van der Waals surface area contributed by atoms with Gasteiger partial charge in [-0.3, -0.25) is 0 Å². The highest BCUT2D eigenvalue weighted by Gasteiger charge is 2.14. The average Bonchev–Trinajstić information content (AvgIpc) is 2.26. The van der Waals surface area contributed by atoms with E-state index in [-0.39, 0.29) is 17.6 Å². The molecule has 0 aliphatic carbocycles. The number of ether oxygens (including phenoxy) is 1. The van der Waals surface area contributed by atoms with Crippen LogP contribution in [0.15, 0.2) is 18.2 Å². The highest BCUT2D eigenvalue weighted by atomic mass is 19.1. The topological polar surface area (TPSA) is 35.2 Å². The molecular formula is C14H21F2NO. The highest BCUT2D eigenvalue weighted by Crippen LogP contribution is 2.20. The summed E-state index contributed by atoms with van der Waals surface area (Å²) in [7, 11) is 0. The highest BCUT2D eigenvalue weighted by molar-refractivity contribution is 5.22. The summed E-state index contributed by atoms with van der Waals surface area (Å²) in [5.41, 5.74) is 6.13. The normalized spacial score (nSPS) is 13.7. The maximum absolute atomic E-state index is 13.4. The van der Waals surface area contributed by atoms with E-state index in [4.69, 9.17) is 10.5 Å². The number of hydrogen-bond acceptors (Lipinski definition) is 2. The molecule has 0 amide bonds. The molecule has 0 radical (unpaired) electrons. The van der Waals surface area contributed by atoms with Crippen LogP contribution in [0.25, 0.3) is 0 Å². The molecule has 1 aromatic rings. The van der Waals surface area contributed by atoms with Gasteiger partial charge in [-0.15, -0.1) is 0 Å². The van der Waals surface area contributed by atoms with Crippen LogP contribution in [-0.4, -0.2) is 13.2 Å². The molecule has 0 saturated heterocycles. The molecule has 1 rings (SSSR count). The van der Waals surface area contributed by atoms with Gasteiger partial charge in [-0.05, 0) is 30.0 Å². The van der Waals surface area contributed by atoms with Crippen LogP contribution in [0.3, 0.4) is 0 Å². The largest absolute Gasteiger partial charge is 0.379 e. The van der Waals surface area contributed by atoms with Crippen molar-refractivity contribution in [1.29, 1.82) is 0 Å². The molecule has 0 fully saturated rings. The number of nitrogens with two attached hydrogens (primary N) is 1. The Morgan fingerprint density at radius 3 is 2.56 bits per heavy atom. The van der Waals surface area contributed by atoms with E-state index in [0.29, 0.717) is 6.61 Å². The fraction of sp³-hybridized carbons (Fsp3) is 0.571. The Bertz CT molecular complexity index is 388. The van der Waals surface area contributed by atoms with Crippen LogP contribution in [0.1, 0.15) is 38.8 Å². The van der Waals surface area contributed by atoms with Gasteiger partial charge >= 0.3 is 0 Å². The Morgan fingerprint density at radius 1 is 1.28 bits per heavy atom. The number of benzene rings is 1. The van der Waals surface area contributed by atoms with Gasteiger partial charge in [0.2, 0.25) is 0 Å². The summed E-state index contributed by atoms with van der Waals surface area (Å²) < 4.78 is 31.8. The fourth-order valence-corrected chi connectivity index (χ4v) is 1.48. The fourth-order valence-electron chi connectivity index (χ4n) is 1.48. The Hall–Kier alpha value is -1.00. The van der Waals surface area contributed by atoms with Crippen LogP contribution in [0.4, 0.5) is 8.78 Å². The predicted octanol–water partition coefficient (Wildman–Crippen LogP) is 3.42. The van der Waals surface area contributed by atoms with Crippen LogP contribution in [0.5, 0.6) is 0 Å². The summed E-state index contributed by atoms with van der Waals surface area (Å²) in [5, 5.41) is 0. The van der Waals surface area contributed by atoms with Crippen LogP contribution in [0.2, 0.25) is 0 Å². The molecule has 1 atom stereocenters. The van der Waals surface area contributed by atoms with Crippen LogP contribution in [-0.2, 0) is 4.74 Å². The van der Waals surface area contributed by atoms with Gasteiger partial charge in [-0.1, -0.05) is 20.8 Å². The molecular weight excluding hydrogens is 236 g/mol. The molecule has 1 aromatic carbocycles. The van der Waals surface area contributed by atoms with Crippen molar-refractivity contribution in [1.82, 2.24) is 0 Å². The minimum atomic E-state index is -0.638. The third-order valence-electron chi connectivity index (χ3n) is 2.65. The molecule has 0 heterocycles. The van der Waals surface area contributed by atoms with Crippen molar-refractivity contribution in [3.8, 4) is 0 Å². The van der Waals surface area contributed by atoms with Crippen molar-refractivity contribution in [3.63, 3.8) is 0 Å². The summed E-state index contributed by atoms with van der Waals surface area (Å²) >= 11 is 0. The maximum Gasteiger partial charge on any atom is 0.128 e. The van der Waals surface area contributed by atoms with Gasteiger partial charge < -0.3 is 10.5 Å². The quantitative estimate of drug-likeness (QED) is 0.820. The second kappa shape index (κ2) is 6.25. The molecule has 0 aliphatic heterocycles. The summed E-state index contributed by atoms with van der Waals surface area (Å²) in [6, 6.07) is 2.64. The number of halogens is 2. The average molecular weight is 257 g/mol. The first kappa shape index (κ1) is 15.1. The van der Waals surface area contributed by atoms with E-state index < -0.39 is 17.7 Å². The third kappa shape index (κ3) is 5.10. The molecule has 0 saturated carbocycles. The first-order valence-electron chi connectivity index (χ1n) is 6.08. The Balaban J connectivity index is 2.45. The predicted molar refractivity (Wildman–Crippen MR) is 68.2 cm³/mol. The van der Waals surface area contributed by atoms with E-state index in [2.05, 4.69) is 20.8 Å². The molecule has 0 bridgehead atoms. The lowest BCUT2D eigenvalue weighted by molar-refractivity contribution is 0.0967. The Morgan fingerprint density at radius 2 is 1.94 bits per heavy atom. The van der Waals surface area contributed by atoms with Crippen LogP contribution < -0.4 is 5.73 Å². The molecule has 0 aliphatic rings. The van der Waals surface area contributed by atoms with Crippen LogP contribution >= 0.6 is 0 Å². The van der Waals surface area contributed by atoms with E-state index in [1.54, 1.807) is 0 Å². The minimum absolute atomic E-state index is 0.158. The third-order valence-corrected chi connectivity index (χ3v) is 2.65. The Labute approximate surface area is 107 Å². The summed E-state index contributed by atoms with van der Waals surface area (Å²) in [6.07, 6.45) is 0.894. The van der Waals surface area contributed by atoms with E-state index in [0.717, 1.165) is 24.6 Å². The zero-order valence-corrected chi connectivity index (χ0v) is 11.2. The first-order chi connectivity index (χ1) is 8.29. The smallest absolute Gasteiger partial charge is 0.128 e.